The number of H-pyrrole nitrogens is 1. The molecule has 0 aliphatic carbocycles. The number of nitrogens with zero attached hydrogens (tertiary/aromatic N) is 2. The van der Waals surface area contributed by atoms with E-state index in [1.54, 1.807) is 0 Å². The van der Waals surface area contributed by atoms with Gasteiger partial charge in [0.15, 0.2) is 5.69 Å². The van der Waals surface area contributed by atoms with Crippen LogP contribution < -0.4 is 5.32 Å². The fourth-order valence-electron chi connectivity index (χ4n) is 4.17. The Bertz CT molecular complexity index is 1260. The third-order valence-electron chi connectivity index (χ3n) is 6.40. The van der Waals surface area contributed by atoms with Gasteiger partial charge in [0.05, 0.1) is 6.54 Å². The summed E-state index contributed by atoms with van der Waals surface area (Å²) in [5, 5.41) is 4.21. The molecular formula is C28H34N4O2. The van der Waals surface area contributed by atoms with Gasteiger partial charge in [-0.25, -0.2) is 4.98 Å². The van der Waals surface area contributed by atoms with E-state index in [0.717, 1.165) is 31.4 Å². The van der Waals surface area contributed by atoms with Gasteiger partial charge in [-0.3, -0.25) is 9.69 Å². The number of nitrogens with one attached hydrogen (secondary N) is 2. The van der Waals surface area contributed by atoms with Crippen molar-refractivity contribution in [3.8, 4) is 0 Å². The minimum atomic E-state index is -0.191. The lowest BCUT2D eigenvalue weighted by Crippen LogP contribution is -2.32. The molecule has 0 aliphatic heterocycles. The summed E-state index contributed by atoms with van der Waals surface area (Å²) in [7, 11) is 0. The van der Waals surface area contributed by atoms with Crippen LogP contribution in [0.1, 0.15) is 58.9 Å². The van der Waals surface area contributed by atoms with Crippen LogP contribution in [0.4, 0.5) is 0 Å². The van der Waals surface area contributed by atoms with E-state index in [0.29, 0.717) is 18.1 Å². The van der Waals surface area contributed by atoms with Crippen molar-refractivity contribution in [2.75, 3.05) is 6.54 Å². The molecule has 0 saturated carbocycles. The van der Waals surface area contributed by atoms with Crippen LogP contribution in [0, 0.1) is 13.8 Å². The van der Waals surface area contributed by atoms with E-state index in [1.807, 2.05) is 19.9 Å². The molecule has 0 fully saturated rings. The van der Waals surface area contributed by atoms with Gasteiger partial charge < -0.3 is 14.7 Å². The third kappa shape index (κ3) is 5.75. The molecule has 2 heterocycles. The molecule has 0 bridgehead atoms. The third-order valence-corrected chi connectivity index (χ3v) is 6.40. The Morgan fingerprint density at radius 1 is 1.15 bits per heavy atom. The van der Waals surface area contributed by atoms with Gasteiger partial charge >= 0.3 is 0 Å². The minimum Gasteiger partial charge on any atom is -0.447 e. The summed E-state index contributed by atoms with van der Waals surface area (Å²) >= 11 is 0. The van der Waals surface area contributed by atoms with Crippen LogP contribution in [0.2, 0.25) is 0 Å². The van der Waals surface area contributed by atoms with Crippen molar-refractivity contribution in [2.45, 2.75) is 59.7 Å². The van der Waals surface area contributed by atoms with Crippen molar-refractivity contribution in [1.29, 1.82) is 0 Å². The lowest BCUT2D eigenvalue weighted by molar-refractivity contribution is 0.0934. The van der Waals surface area contributed by atoms with E-state index >= 15 is 0 Å². The number of hydrogen-bond acceptors (Lipinski definition) is 4. The zero-order valence-corrected chi connectivity index (χ0v) is 20.5. The van der Waals surface area contributed by atoms with Gasteiger partial charge in [0.1, 0.15) is 6.26 Å². The van der Waals surface area contributed by atoms with E-state index in [4.69, 9.17) is 4.42 Å². The molecule has 4 aromatic rings. The second-order valence-electron chi connectivity index (χ2n) is 9.16. The molecule has 0 unspecified atom stereocenters. The van der Waals surface area contributed by atoms with Crippen LogP contribution in [0.25, 0.3) is 10.9 Å². The SMILES string of the molecule is CC[C@@H](C)NC(=O)c1coc(CN(CCc2c[nH]c3ccccc23)Cc2ccc(C)cc2C)n1. The summed E-state index contributed by atoms with van der Waals surface area (Å²) in [5.41, 5.74) is 6.60. The number of aromatic nitrogens is 2. The smallest absolute Gasteiger partial charge is 0.273 e. The zero-order chi connectivity index (χ0) is 24.1. The molecule has 1 amide bonds. The number of benzene rings is 2. The predicted octanol–water partition coefficient (Wildman–Crippen LogP) is 5.55. The molecule has 178 valence electrons. The van der Waals surface area contributed by atoms with Crippen LogP contribution in [0.5, 0.6) is 0 Å². The highest BCUT2D eigenvalue weighted by molar-refractivity contribution is 5.92. The molecule has 2 aromatic heterocycles. The molecule has 0 spiro atoms. The number of hydrogen-bond donors (Lipinski definition) is 2. The quantitative estimate of drug-likeness (QED) is 0.327. The number of aryl methyl sites for hydroxylation is 2. The molecule has 6 heteroatoms. The maximum atomic E-state index is 12.4. The number of fused-ring (bicyclic) bond motifs is 1. The molecule has 2 N–H and O–H groups in total. The molecular weight excluding hydrogens is 424 g/mol. The monoisotopic (exact) mass is 458 g/mol. The fraction of sp³-hybridized carbons (Fsp3) is 0.357. The Hall–Kier alpha value is -3.38. The molecule has 34 heavy (non-hydrogen) atoms. The van der Waals surface area contributed by atoms with Gasteiger partial charge in [-0.1, -0.05) is 48.9 Å². The Balaban J connectivity index is 1.51. The van der Waals surface area contributed by atoms with E-state index in [2.05, 4.69) is 76.6 Å². The first-order valence-electron chi connectivity index (χ1n) is 12.0. The van der Waals surface area contributed by atoms with Gasteiger partial charge in [-0.2, -0.15) is 0 Å². The van der Waals surface area contributed by atoms with Crippen LogP contribution in [0.3, 0.4) is 0 Å². The van der Waals surface area contributed by atoms with E-state index in [-0.39, 0.29) is 11.9 Å². The first kappa shape index (κ1) is 23.8. The van der Waals surface area contributed by atoms with Crippen LogP contribution in [-0.2, 0) is 19.5 Å². The number of amides is 1. The summed E-state index contributed by atoms with van der Waals surface area (Å²) in [5.74, 6) is 0.363. The summed E-state index contributed by atoms with van der Waals surface area (Å²) < 4.78 is 5.71. The number of rotatable bonds is 10. The van der Waals surface area contributed by atoms with Crippen LogP contribution in [-0.4, -0.2) is 33.4 Å². The Morgan fingerprint density at radius 2 is 1.97 bits per heavy atom. The summed E-state index contributed by atoms with van der Waals surface area (Å²) in [6.07, 6.45) is 5.33. The van der Waals surface area contributed by atoms with Crippen molar-refractivity contribution in [1.82, 2.24) is 20.2 Å². The number of para-hydroxylation sites is 1. The van der Waals surface area contributed by atoms with Gasteiger partial charge in [-0.05, 0) is 56.4 Å². The molecule has 6 nitrogen and oxygen atoms in total. The second-order valence-corrected chi connectivity index (χ2v) is 9.16. The van der Waals surface area contributed by atoms with Crippen molar-refractivity contribution in [3.05, 3.63) is 88.8 Å². The molecule has 0 aliphatic rings. The van der Waals surface area contributed by atoms with E-state index in [9.17, 15) is 4.79 Å². The second kappa shape index (κ2) is 10.7. The van der Waals surface area contributed by atoms with Crippen LogP contribution >= 0.6 is 0 Å². The number of aromatic amines is 1. The number of oxazole rings is 1. The first-order valence-corrected chi connectivity index (χ1v) is 12.0. The largest absolute Gasteiger partial charge is 0.447 e. The number of carbonyl (C=O) groups excluding carboxylic acids is 1. The molecule has 1 atom stereocenters. The first-order chi connectivity index (χ1) is 16.4. The number of carbonyl (C=O) groups is 1. The predicted molar refractivity (Wildman–Crippen MR) is 136 cm³/mol. The maximum absolute atomic E-state index is 12.4. The lowest BCUT2D eigenvalue weighted by atomic mass is 10.0. The van der Waals surface area contributed by atoms with Gasteiger partial charge in [0.2, 0.25) is 5.89 Å². The molecule has 4 rings (SSSR count). The Kier molecular flexibility index (Phi) is 7.48. The summed E-state index contributed by atoms with van der Waals surface area (Å²) in [6.45, 7) is 10.4. The summed E-state index contributed by atoms with van der Waals surface area (Å²) in [4.78, 5) is 22.6. The Labute approximate surface area is 201 Å². The van der Waals surface area contributed by atoms with E-state index in [1.165, 1.54) is 33.9 Å². The summed E-state index contributed by atoms with van der Waals surface area (Å²) in [6, 6.07) is 15.1. The van der Waals surface area contributed by atoms with Gasteiger partial charge in [0, 0.05) is 36.2 Å². The average molecular weight is 459 g/mol. The van der Waals surface area contributed by atoms with Crippen molar-refractivity contribution in [2.24, 2.45) is 0 Å². The maximum Gasteiger partial charge on any atom is 0.273 e. The molecule has 0 saturated heterocycles. The highest BCUT2D eigenvalue weighted by Crippen LogP contribution is 2.20. The van der Waals surface area contributed by atoms with Crippen molar-refractivity contribution in [3.63, 3.8) is 0 Å². The fourth-order valence-corrected chi connectivity index (χ4v) is 4.17. The topological polar surface area (TPSA) is 74.2 Å². The standard InChI is InChI=1S/C28H34N4O2/c1-5-21(4)30-28(33)26-18-34-27(31-26)17-32(16-23-11-10-19(2)14-20(23)3)13-12-22-15-29-25-9-7-6-8-24(22)25/h6-11,14-15,18,21,29H,5,12-13,16-17H2,1-4H3,(H,30,33)/t21-/m1/s1. The average Bonchev–Trinajstić information content (AvgIpc) is 3.46. The minimum absolute atomic E-state index is 0.102. The Morgan fingerprint density at radius 3 is 2.76 bits per heavy atom. The van der Waals surface area contributed by atoms with Crippen molar-refractivity contribution >= 4 is 16.8 Å². The molecule has 2 aromatic carbocycles. The zero-order valence-electron chi connectivity index (χ0n) is 20.5. The van der Waals surface area contributed by atoms with Crippen LogP contribution in [0.15, 0.2) is 59.3 Å². The normalized spacial score (nSPS) is 12.4. The highest BCUT2D eigenvalue weighted by Gasteiger charge is 2.17. The highest BCUT2D eigenvalue weighted by atomic mass is 16.3. The lowest BCUT2D eigenvalue weighted by Gasteiger charge is -2.22. The molecule has 0 radical (unpaired) electrons. The van der Waals surface area contributed by atoms with Gasteiger partial charge in [-0.15, -0.1) is 0 Å². The van der Waals surface area contributed by atoms with Crippen molar-refractivity contribution < 1.29 is 9.21 Å². The van der Waals surface area contributed by atoms with Gasteiger partial charge in [0.25, 0.3) is 5.91 Å². The van der Waals surface area contributed by atoms with E-state index < -0.39 is 0 Å².